The summed E-state index contributed by atoms with van der Waals surface area (Å²) in [5, 5.41) is 4.81. The molecule has 0 aromatic carbocycles. The smallest absolute Gasteiger partial charge is 0.349 e. The van der Waals surface area contributed by atoms with Gasteiger partial charge in [0, 0.05) is 6.04 Å². The summed E-state index contributed by atoms with van der Waals surface area (Å²) in [5.41, 5.74) is 0.890. The van der Waals surface area contributed by atoms with Crippen LogP contribution in [0.3, 0.4) is 0 Å². The van der Waals surface area contributed by atoms with Crippen molar-refractivity contribution in [3.8, 4) is 0 Å². The lowest BCUT2D eigenvalue weighted by atomic mass is 9.86. The molecule has 0 aliphatic heterocycles. The van der Waals surface area contributed by atoms with Crippen molar-refractivity contribution in [2.24, 2.45) is 5.92 Å². The lowest BCUT2D eigenvalue weighted by molar-refractivity contribution is -0.125. The van der Waals surface area contributed by atoms with Crippen LogP contribution >= 0.6 is 11.3 Å². The largest absolute Gasteiger partial charge is 0.451 e. The number of hydrogen-bond acceptors (Lipinski definition) is 4. The van der Waals surface area contributed by atoms with Crippen LogP contribution in [0.25, 0.3) is 0 Å². The van der Waals surface area contributed by atoms with Gasteiger partial charge in [-0.05, 0) is 42.7 Å². The van der Waals surface area contributed by atoms with E-state index in [1.54, 1.807) is 0 Å². The van der Waals surface area contributed by atoms with E-state index in [1.165, 1.54) is 17.8 Å². The first-order valence-electron chi connectivity index (χ1n) is 7.08. The van der Waals surface area contributed by atoms with Crippen molar-refractivity contribution < 1.29 is 14.3 Å². The number of aryl methyl sites for hydroxylation is 1. The maximum Gasteiger partial charge on any atom is 0.349 e. The Kier molecular flexibility index (Phi) is 5.17. The molecule has 0 radical (unpaired) electrons. The molecule has 0 saturated heterocycles. The third-order valence-electron chi connectivity index (χ3n) is 3.84. The van der Waals surface area contributed by atoms with Crippen molar-refractivity contribution in [1.82, 2.24) is 5.32 Å². The van der Waals surface area contributed by atoms with Gasteiger partial charge in [0.2, 0.25) is 0 Å². The van der Waals surface area contributed by atoms with Crippen LogP contribution in [0.15, 0.2) is 11.4 Å². The van der Waals surface area contributed by atoms with E-state index in [2.05, 4.69) is 12.2 Å². The zero-order chi connectivity index (χ0) is 14.5. The molecule has 0 bridgehead atoms. The predicted molar refractivity (Wildman–Crippen MR) is 78.9 cm³/mol. The van der Waals surface area contributed by atoms with E-state index in [9.17, 15) is 9.59 Å². The summed E-state index contributed by atoms with van der Waals surface area (Å²) in [7, 11) is 0. The number of carbonyl (C=O) groups is 2. The van der Waals surface area contributed by atoms with Gasteiger partial charge in [0.05, 0.1) is 0 Å². The monoisotopic (exact) mass is 295 g/mol. The fourth-order valence-corrected chi connectivity index (χ4v) is 3.37. The Hall–Kier alpha value is -1.36. The molecule has 0 unspecified atom stereocenters. The molecule has 1 saturated carbocycles. The molecule has 110 valence electrons. The van der Waals surface area contributed by atoms with Gasteiger partial charge in [0.15, 0.2) is 6.61 Å². The molecule has 1 N–H and O–H groups in total. The van der Waals surface area contributed by atoms with Gasteiger partial charge in [-0.15, -0.1) is 11.3 Å². The quantitative estimate of drug-likeness (QED) is 0.869. The lowest BCUT2D eigenvalue weighted by Gasteiger charge is -2.29. The van der Waals surface area contributed by atoms with E-state index in [4.69, 9.17) is 4.74 Å². The Balaban J connectivity index is 1.77. The second-order valence-electron chi connectivity index (χ2n) is 5.44. The van der Waals surface area contributed by atoms with Crippen LogP contribution in [0.5, 0.6) is 0 Å². The normalized spacial score (nSPS) is 22.3. The maximum absolute atomic E-state index is 11.8. The fourth-order valence-electron chi connectivity index (χ4n) is 2.56. The summed E-state index contributed by atoms with van der Waals surface area (Å²) in [6.45, 7) is 3.82. The van der Waals surface area contributed by atoms with Crippen molar-refractivity contribution in [1.29, 1.82) is 0 Å². The van der Waals surface area contributed by atoms with E-state index >= 15 is 0 Å². The van der Waals surface area contributed by atoms with Crippen LogP contribution in [-0.2, 0) is 9.53 Å². The molecule has 1 aromatic rings. The van der Waals surface area contributed by atoms with Crippen molar-refractivity contribution in [2.75, 3.05) is 6.61 Å². The molecule has 1 aromatic heterocycles. The highest BCUT2D eigenvalue weighted by Gasteiger charge is 2.23. The van der Waals surface area contributed by atoms with Gasteiger partial charge in [-0.1, -0.05) is 19.8 Å². The van der Waals surface area contributed by atoms with Crippen molar-refractivity contribution in [3.05, 3.63) is 21.9 Å². The molecular formula is C15H21NO3S. The maximum atomic E-state index is 11.8. The Morgan fingerprint density at radius 2 is 2.15 bits per heavy atom. The van der Waals surface area contributed by atoms with Gasteiger partial charge in [-0.3, -0.25) is 4.79 Å². The van der Waals surface area contributed by atoms with E-state index < -0.39 is 5.97 Å². The number of amides is 1. The topological polar surface area (TPSA) is 55.4 Å². The SMILES string of the molecule is Cc1ccsc1C(=O)OCC(=O)N[C@H]1CCCC[C@H]1C. The van der Waals surface area contributed by atoms with Crippen molar-refractivity contribution in [2.45, 2.75) is 45.6 Å². The molecule has 1 heterocycles. The molecule has 1 aliphatic rings. The van der Waals surface area contributed by atoms with Gasteiger partial charge in [-0.25, -0.2) is 4.79 Å². The van der Waals surface area contributed by atoms with Crippen molar-refractivity contribution >= 4 is 23.2 Å². The lowest BCUT2D eigenvalue weighted by Crippen LogP contribution is -2.42. The van der Waals surface area contributed by atoms with Crippen LogP contribution in [0.1, 0.15) is 47.8 Å². The second kappa shape index (κ2) is 6.88. The second-order valence-corrected chi connectivity index (χ2v) is 6.36. The van der Waals surface area contributed by atoms with Crippen LogP contribution in [0.4, 0.5) is 0 Å². The van der Waals surface area contributed by atoms with Crippen LogP contribution < -0.4 is 5.32 Å². The molecule has 1 aliphatic carbocycles. The summed E-state index contributed by atoms with van der Waals surface area (Å²) in [6.07, 6.45) is 4.56. The molecule has 2 rings (SSSR count). The summed E-state index contributed by atoms with van der Waals surface area (Å²) in [4.78, 5) is 24.2. The van der Waals surface area contributed by atoms with Crippen LogP contribution in [0, 0.1) is 12.8 Å². The highest BCUT2D eigenvalue weighted by molar-refractivity contribution is 7.12. The minimum atomic E-state index is -0.413. The number of nitrogens with one attached hydrogen (secondary N) is 1. The number of rotatable bonds is 4. The van der Waals surface area contributed by atoms with Gasteiger partial charge < -0.3 is 10.1 Å². The molecule has 1 amide bonds. The Labute approximate surface area is 123 Å². The number of carbonyl (C=O) groups excluding carboxylic acids is 2. The average molecular weight is 295 g/mol. The van der Waals surface area contributed by atoms with Crippen molar-refractivity contribution in [3.63, 3.8) is 0 Å². The fraction of sp³-hybridized carbons (Fsp3) is 0.600. The molecule has 4 nitrogen and oxygen atoms in total. The first-order valence-corrected chi connectivity index (χ1v) is 7.96. The van der Waals surface area contributed by atoms with Crippen LogP contribution in [0.2, 0.25) is 0 Å². The molecule has 5 heteroatoms. The van der Waals surface area contributed by atoms with Gasteiger partial charge in [0.1, 0.15) is 4.88 Å². The number of esters is 1. The zero-order valence-corrected chi connectivity index (χ0v) is 12.8. The van der Waals surface area contributed by atoms with Gasteiger partial charge in [-0.2, -0.15) is 0 Å². The third-order valence-corrected chi connectivity index (χ3v) is 4.84. The molecular weight excluding hydrogens is 274 g/mol. The summed E-state index contributed by atoms with van der Waals surface area (Å²) >= 11 is 1.34. The minimum Gasteiger partial charge on any atom is -0.451 e. The Bertz CT molecular complexity index is 483. The molecule has 0 spiro atoms. The highest BCUT2D eigenvalue weighted by atomic mass is 32.1. The van der Waals surface area contributed by atoms with E-state index in [-0.39, 0.29) is 18.6 Å². The van der Waals surface area contributed by atoms with Crippen LogP contribution in [-0.4, -0.2) is 24.5 Å². The minimum absolute atomic E-state index is 0.195. The summed E-state index contributed by atoms with van der Waals surface area (Å²) < 4.78 is 5.07. The number of ether oxygens (including phenoxy) is 1. The predicted octanol–water partition coefficient (Wildman–Crippen LogP) is 2.91. The number of thiophene rings is 1. The summed E-state index contributed by atoms with van der Waals surface area (Å²) in [6, 6.07) is 2.09. The summed E-state index contributed by atoms with van der Waals surface area (Å²) in [5.74, 6) is -0.112. The first-order chi connectivity index (χ1) is 9.58. The van der Waals surface area contributed by atoms with Gasteiger partial charge >= 0.3 is 5.97 Å². The molecule has 20 heavy (non-hydrogen) atoms. The van der Waals surface area contributed by atoms with E-state index in [1.807, 2.05) is 18.4 Å². The Morgan fingerprint density at radius 1 is 1.40 bits per heavy atom. The highest BCUT2D eigenvalue weighted by Crippen LogP contribution is 2.23. The van der Waals surface area contributed by atoms with E-state index in [0.29, 0.717) is 10.8 Å². The number of hydrogen-bond donors (Lipinski definition) is 1. The molecule has 1 fully saturated rings. The zero-order valence-electron chi connectivity index (χ0n) is 12.0. The van der Waals surface area contributed by atoms with Gasteiger partial charge in [0.25, 0.3) is 5.91 Å². The Morgan fingerprint density at radius 3 is 2.80 bits per heavy atom. The third kappa shape index (κ3) is 3.82. The van der Waals surface area contributed by atoms with E-state index in [0.717, 1.165) is 24.8 Å². The molecule has 2 atom stereocenters. The first kappa shape index (κ1) is 15.0. The standard InChI is InChI=1S/C15H21NO3S/c1-10-5-3-4-6-12(10)16-13(17)9-19-15(18)14-11(2)7-8-20-14/h7-8,10,12H,3-6,9H2,1-2H3,(H,16,17)/t10-,12+/m1/s1. The average Bonchev–Trinajstić information content (AvgIpc) is 2.85.